The quantitative estimate of drug-likeness (QED) is 0.846. The van der Waals surface area contributed by atoms with Gasteiger partial charge in [-0.25, -0.2) is 9.97 Å². The van der Waals surface area contributed by atoms with Crippen LogP contribution in [-0.2, 0) is 0 Å². The number of anilines is 1. The third-order valence-electron chi connectivity index (χ3n) is 2.58. The van der Waals surface area contributed by atoms with Gasteiger partial charge in [0.1, 0.15) is 17.3 Å². The first-order valence-electron chi connectivity index (χ1n) is 5.43. The summed E-state index contributed by atoms with van der Waals surface area (Å²) in [5, 5.41) is 3.00. The Morgan fingerprint density at radius 2 is 1.89 bits per heavy atom. The Morgan fingerprint density at radius 3 is 2.50 bits per heavy atom. The Kier molecular flexibility index (Phi) is 3.58. The molecule has 0 aliphatic rings. The lowest BCUT2D eigenvalue weighted by atomic mass is 10.0. The number of aromatic nitrogens is 2. The molecular formula is C13H12ClN3O. The predicted octanol–water partition coefficient (Wildman–Crippen LogP) is 3.00. The van der Waals surface area contributed by atoms with Crippen molar-refractivity contribution >= 4 is 23.3 Å². The van der Waals surface area contributed by atoms with Crippen molar-refractivity contribution in [2.24, 2.45) is 0 Å². The monoisotopic (exact) mass is 261 g/mol. The Morgan fingerprint density at radius 1 is 1.22 bits per heavy atom. The summed E-state index contributed by atoms with van der Waals surface area (Å²) >= 11 is 5.73. The first-order chi connectivity index (χ1) is 8.58. The lowest BCUT2D eigenvalue weighted by Gasteiger charge is -2.09. The minimum absolute atomic E-state index is 0.194. The van der Waals surface area contributed by atoms with E-state index in [9.17, 15) is 4.79 Å². The molecule has 0 atom stereocenters. The second-order valence-corrected chi connectivity index (χ2v) is 4.33. The van der Waals surface area contributed by atoms with Crippen LogP contribution in [0, 0.1) is 13.8 Å². The molecule has 0 radical (unpaired) electrons. The van der Waals surface area contributed by atoms with Crippen LogP contribution >= 0.6 is 11.6 Å². The predicted molar refractivity (Wildman–Crippen MR) is 70.9 cm³/mol. The van der Waals surface area contributed by atoms with Crippen LogP contribution in [0.25, 0.3) is 0 Å². The summed E-state index contributed by atoms with van der Waals surface area (Å²) in [5.74, 6) is 0.197. The standard InChI is InChI=1S/C13H12ClN3O/c1-8-4-3-5-9(2)12(8)13(18)17-11-6-10(14)15-7-16-11/h3-7H,1-2H3,(H,15,16,17,18). The molecule has 1 aromatic carbocycles. The highest BCUT2D eigenvalue weighted by atomic mass is 35.5. The summed E-state index contributed by atoms with van der Waals surface area (Å²) in [6, 6.07) is 7.22. The minimum atomic E-state index is -0.194. The fraction of sp³-hybridized carbons (Fsp3) is 0.154. The molecule has 0 spiro atoms. The van der Waals surface area contributed by atoms with Crippen molar-refractivity contribution in [3.05, 3.63) is 52.4 Å². The van der Waals surface area contributed by atoms with E-state index in [-0.39, 0.29) is 5.91 Å². The molecule has 0 saturated carbocycles. The van der Waals surface area contributed by atoms with Gasteiger partial charge in [-0.3, -0.25) is 4.79 Å². The first kappa shape index (κ1) is 12.5. The van der Waals surface area contributed by atoms with E-state index < -0.39 is 0 Å². The van der Waals surface area contributed by atoms with Gasteiger partial charge in [-0.2, -0.15) is 0 Å². The third kappa shape index (κ3) is 2.65. The second-order valence-electron chi connectivity index (χ2n) is 3.95. The van der Waals surface area contributed by atoms with Gasteiger partial charge in [0.2, 0.25) is 0 Å². The highest BCUT2D eigenvalue weighted by Crippen LogP contribution is 2.16. The van der Waals surface area contributed by atoms with Gasteiger partial charge in [0.15, 0.2) is 0 Å². The molecule has 0 fully saturated rings. The van der Waals surface area contributed by atoms with Crippen LogP contribution < -0.4 is 5.32 Å². The lowest BCUT2D eigenvalue weighted by molar-refractivity contribution is 0.102. The van der Waals surface area contributed by atoms with Gasteiger partial charge in [0.25, 0.3) is 5.91 Å². The maximum absolute atomic E-state index is 12.2. The number of rotatable bonds is 2. The Balaban J connectivity index is 2.28. The number of carbonyl (C=O) groups is 1. The molecule has 0 aliphatic heterocycles. The fourth-order valence-electron chi connectivity index (χ4n) is 1.75. The second kappa shape index (κ2) is 5.14. The molecule has 5 heteroatoms. The Bertz CT molecular complexity index is 578. The molecule has 2 aromatic rings. The number of aryl methyl sites for hydroxylation is 2. The van der Waals surface area contributed by atoms with Gasteiger partial charge >= 0.3 is 0 Å². The number of nitrogens with one attached hydrogen (secondary N) is 1. The van der Waals surface area contributed by atoms with Gasteiger partial charge in [-0.1, -0.05) is 29.8 Å². The van der Waals surface area contributed by atoms with Gasteiger partial charge in [-0.15, -0.1) is 0 Å². The normalized spacial score (nSPS) is 10.2. The Hall–Kier alpha value is -1.94. The number of amides is 1. The number of hydrogen-bond donors (Lipinski definition) is 1. The largest absolute Gasteiger partial charge is 0.306 e. The molecule has 1 amide bonds. The molecule has 0 bridgehead atoms. The van der Waals surface area contributed by atoms with Crippen LogP contribution in [0.3, 0.4) is 0 Å². The van der Waals surface area contributed by atoms with Crippen LogP contribution in [0.4, 0.5) is 5.82 Å². The highest BCUT2D eigenvalue weighted by Gasteiger charge is 2.12. The molecule has 92 valence electrons. The van der Waals surface area contributed by atoms with Crippen molar-refractivity contribution in [3.63, 3.8) is 0 Å². The number of carbonyl (C=O) groups excluding carboxylic acids is 1. The average Bonchev–Trinajstić information content (AvgIpc) is 2.28. The van der Waals surface area contributed by atoms with Gasteiger partial charge in [-0.05, 0) is 25.0 Å². The van der Waals surface area contributed by atoms with E-state index in [1.54, 1.807) is 0 Å². The number of nitrogens with zero attached hydrogens (tertiary/aromatic N) is 2. The van der Waals surface area contributed by atoms with Crippen LogP contribution in [0.2, 0.25) is 5.15 Å². The van der Waals surface area contributed by atoms with E-state index in [1.165, 1.54) is 12.4 Å². The van der Waals surface area contributed by atoms with Gasteiger partial charge in [0, 0.05) is 11.6 Å². The Labute approximate surface area is 110 Å². The summed E-state index contributed by atoms with van der Waals surface area (Å²) in [6.45, 7) is 3.80. The number of hydrogen-bond acceptors (Lipinski definition) is 3. The molecule has 1 aromatic heterocycles. The zero-order chi connectivity index (χ0) is 13.1. The van der Waals surface area contributed by atoms with Crippen molar-refractivity contribution in [2.45, 2.75) is 13.8 Å². The minimum Gasteiger partial charge on any atom is -0.306 e. The van der Waals surface area contributed by atoms with E-state index in [4.69, 9.17) is 11.6 Å². The van der Waals surface area contributed by atoms with Crippen LogP contribution in [-0.4, -0.2) is 15.9 Å². The van der Waals surface area contributed by atoms with Crippen molar-refractivity contribution in [1.29, 1.82) is 0 Å². The fourth-order valence-corrected chi connectivity index (χ4v) is 1.90. The van der Waals surface area contributed by atoms with Crippen LogP contribution in [0.5, 0.6) is 0 Å². The summed E-state index contributed by atoms with van der Waals surface area (Å²) in [7, 11) is 0. The molecule has 0 saturated heterocycles. The first-order valence-corrected chi connectivity index (χ1v) is 5.81. The van der Waals surface area contributed by atoms with Gasteiger partial charge in [0.05, 0.1) is 0 Å². The topological polar surface area (TPSA) is 54.9 Å². The maximum Gasteiger partial charge on any atom is 0.257 e. The number of halogens is 1. The zero-order valence-electron chi connectivity index (χ0n) is 10.1. The van der Waals surface area contributed by atoms with E-state index in [0.29, 0.717) is 16.5 Å². The molecule has 1 heterocycles. The molecule has 0 aliphatic carbocycles. The smallest absolute Gasteiger partial charge is 0.257 e. The van der Waals surface area contributed by atoms with E-state index in [0.717, 1.165) is 11.1 Å². The zero-order valence-corrected chi connectivity index (χ0v) is 10.8. The molecule has 4 nitrogen and oxygen atoms in total. The summed E-state index contributed by atoms with van der Waals surface area (Å²) in [6.07, 6.45) is 1.31. The molecular weight excluding hydrogens is 250 g/mol. The summed E-state index contributed by atoms with van der Waals surface area (Å²) < 4.78 is 0. The molecule has 18 heavy (non-hydrogen) atoms. The van der Waals surface area contributed by atoms with Crippen molar-refractivity contribution in [1.82, 2.24) is 9.97 Å². The third-order valence-corrected chi connectivity index (χ3v) is 2.79. The summed E-state index contributed by atoms with van der Waals surface area (Å²) in [4.78, 5) is 19.8. The maximum atomic E-state index is 12.2. The highest BCUT2D eigenvalue weighted by molar-refractivity contribution is 6.29. The van der Waals surface area contributed by atoms with E-state index >= 15 is 0 Å². The summed E-state index contributed by atoms with van der Waals surface area (Å²) in [5.41, 5.74) is 2.51. The van der Waals surface area contributed by atoms with Crippen LogP contribution in [0.1, 0.15) is 21.5 Å². The molecule has 1 N–H and O–H groups in total. The van der Waals surface area contributed by atoms with Crippen LogP contribution in [0.15, 0.2) is 30.6 Å². The lowest BCUT2D eigenvalue weighted by Crippen LogP contribution is -2.15. The number of benzene rings is 1. The SMILES string of the molecule is Cc1cccc(C)c1C(=O)Nc1cc(Cl)ncn1. The van der Waals surface area contributed by atoms with E-state index in [1.807, 2.05) is 32.0 Å². The van der Waals surface area contributed by atoms with Crippen molar-refractivity contribution in [3.8, 4) is 0 Å². The molecule has 0 unspecified atom stereocenters. The molecule has 2 rings (SSSR count). The van der Waals surface area contributed by atoms with Gasteiger partial charge < -0.3 is 5.32 Å². The average molecular weight is 262 g/mol. The van der Waals surface area contributed by atoms with Crippen molar-refractivity contribution in [2.75, 3.05) is 5.32 Å². The van der Waals surface area contributed by atoms with E-state index in [2.05, 4.69) is 15.3 Å². The van der Waals surface area contributed by atoms with Crippen molar-refractivity contribution < 1.29 is 4.79 Å².